The van der Waals surface area contributed by atoms with Crippen molar-refractivity contribution in [2.24, 2.45) is 0 Å². The lowest BCUT2D eigenvalue weighted by Crippen LogP contribution is -2.26. The average Bonchev–Trinajstić information content (AvgIpc) is 2.45. The van der Waals surface area contributed by atoms with E-state index in [4.69, 9.17) is 0 Å². The molecule has 0 saturated heterocycles. The van der Waals surface area contributed by atoms with Gasteiger partial charge in [-0.15, -0.1) is 0 Å². The molecule has 5 nitrogen and oxygen atoms in total. The Morgan fingerprint density at radius 1 is 1.21 bits per heavy atom. The second-order valence-electron chi connectivity index (χ2n) is 3.66. The minimum absolute atomic E-state index is 0.154. The van der Waals surface area contributed by atoms with Crippen molar-refractivity contribution in [2.75, 3.05) is 6.54 Å². The molecule has 0 aliphatic rings. The number of rotatable bonds is 2. The number of hydrogen-bond acceptors (Lipinski definition) is 3. The highest BCUT2D eigenvalue weighted by Gasteiger charge is 2.04. The summed E-state index contributed by atoms with van der Waals surface area (Å²) in [5.41, 5.74) is 0.695. The highest BCUT2D eigenvalue weighted by Crippen LogP contribution is 1.94. The second-order valence-corrected chi connectivity index (χ2v) is 3.66. The first-order valence-corrected chi connectivity index (χ1v) is 5.63. The topological polar surface area (TPSA) is 74.8 Å². The van der Waals surface area contributed by atoms with E-state index in [0.717, 1.165) is 5.56 Å². The second kappa shape index (κ2) is 6.17. The third-order valence-corrected chi connectivity index (χ3v) is 2.26. The number of aromatic nitrogens is 2. The standard InChI is InChI=1S/C14H11N3O2/c18-13-9-8-12(16-17-13)14(19)15-10-4-7-11-5-2-1-3-6-11/h1-3,5-6,8-9H,10H2,(H,15,19)(H,17,18). The fourth-order valence-corrected chi connectivity index (χ4v) is 1.35. The van der Waals surface area contributed by atoms with Crippen LogP contribution in [0.4, 0.5) is 0 Å². The molecule has 0 saturated carbocycles. The maximum absolute atomic E-state index is 11.6. The van der Waals surface area contributed by atoms with Gasteiger partial charge >= 0.3 is 0 Å². The Balaban J connectivity index is 1.90. The molecule has 0 bridgehead atoms. The first kappa shape index (κ1) is 12.6. The van der Waals surface area contributed by atoms with E-state index in [2.05, 4.69) is 27.4 Å². The summed E-state index contributed by atoms with van der Waals surface area (Å²) in [5, 5.41) is 8.40. The first-order chi connectivity index (χ1) is 9.25. The molecule has 94 valence electrons. The summed E-state index contributed by atoms with van der Waals surface area (Å²) in [6.45, 7) is 0.217. The molecule has 0 aliphatic carbocycles. The molecule has 0 spiro atoms. The van der Waals surface area contributed by atoms with Gasteiger partial charge in [-0.2, -0.15) is 5.10 Å². The van der Waals surface area contributed by atoms with Crippen molar-refractivity contribution in [1.82, 2.24) is 15.5 Å². The fourth-order valence-electron chi connectivity index (χ4n) is 1.35. The van der Waals surface area contributed by atoms with Crippen LogP contribution in [0.1, 0.15) is 16.1 Å². The van der Waals surface area contributed by atoms with E-state index >= 15 is 0 Å². The molecule has 0 radical (unpaired) electrons. The summed E-state index contributed by atoms with van der Waals surface area (Å²) in [4.78, 5) is 22.4. The summed E-state index contributed by atoms with van der Waals surface area (Å²) in [5.74, 6) is 5.37. The molecule has 2 rings (SSSR count). The molecule has 1 amide bonds. The Kier molecular flexibility index (Phi) is 4.09. The van der Waals surface area contributed by atoms with Crippen molar-refractivity contribution in [2.45, 2.75) is 0 Å². The van der Waals surface area contributed by atoms with Crippen LogP contribution < -0.4 is 10.9 Å². The molecule has 0 fully saturated rings. The lowest BCUT2D eigenvalue weighted by molar-refractivity contribution is 0.0952. The van der Waals surface area contributed by atoms with Gasteiger partial charge < -0.3 is 5.32 Å². The van der Waals surface area contributed by atoms with E-state index in [1.54, 1.807) is 0 Å². The minimum atomic E-state index is -0.376. The Bertz CT molecular complexity index is 661. The van der Waals surface area contributed by atoms with Crippen LogP contribution in [0.15, 0.2) is 47.3 Å². The van der Waals surface area contributed by atoms with Crippen molar-refractivity contribution in [3.63, 3.8) is 0 Å². The third-order valence-electron chi connectivity index (χ3n) is 2.26. The number of nitrogens with one attached hydrogen (secondary N) is 2. The van der Waals surface area contributed by atoms with Crippen molar-refractivity contribution >= 4 is 5.91 Å². The molecule has 1 heterocycles. The third kappa shape index (κ3) is 3.82. The van der Waals surface area contributed by atoms with E-state index in [1.807, 2.05) is 30.3 Å². The Labute approximate surface area is 109 Å². The predicted molar refractivity (Wildman–Crippen MR) is 70.5 cm³/mol. The smallest absolute Gasteiger partial charge is 0.272 e. The van der Waals surface area contributed by atoms with Crippen LogP contribution in [0.5, 0.6) is 0 Å². The van der Waals surface area contributed by atoms with Gasteiger partial charge in [0.1, 0.15) is 5.69 Å². The van der Waals surface area contributed by atoms with Crippen LogP contribution >= 0.6 is 0 Å². The highest BCUT2D eigenvalue weighted by molar-refractivity contribution is 5.92. The zero-order chi connectivity index (χ0) is 13.5. The number of amides is 1. The summed E-state index contributed by atoms with van der Waals surface area (Å²) < 4.78 is 0. The number of carbonyl (C=O) groups excluding carboxylic acids is 1. The van der Waals surface area contributed by atoms with Crippen LogP contribution in [0, 0.1) is 11.8 Å². The van der Waals surface area contributed by atoms with E-state index in [1.165, 1.54) is 12.1 Å². The van der Waals surface area contributed by atoms with Gasteiger partial charge in [0.2, 0.25) is 0 Å². The minimum Gasteiger partial charge on any atom is -0.340 e. The van der Waals surface area contributed by atoms with Gasteiger partial charge in [0.25, 0.3) is 11.5 Å². The molecule has 5 heteroatoms. The monoisotopic (exact) mass is 253 g/mol. The molecule has 19 heavy (non-hydrogen) atoms. The molecule has 0 unspecified atom stereocenters. The van der Waals surface area contributed by atoms with Crippen LogP contribution in [-0.4, -0.2) is 22.6 Å². The molecule has 2 aromatic rings. The molecule has 0 atom stereocenters. The SMILES string of the molecule is O=C(NCC#Cc1ccccc1)c1ccc(=O)[nH]n1. The Hall–Kier alpha value is -2.87. The lowest BCUT2D eigenvalue weighted by Gasteiger charge is -1.98. The number of carbonyl (C=O) groups is 1. The number of aromatic amines is 1. The van der Waals surface area contributed by atoms with Crippen molar-refractivity contribution in [3.05, 3.63) is 64.1 Å². The van der Waals surface area contributed by atoms with E-state index in [0.29, 0.717) is 0 Å². The van der Waals surface area contributed by atoms with E-state index in [9.17, 15) is 9.59 Å². The lowest BCUT2D eigenvalue weighted by atomic mass is 10.2. The van der Waals surface area contributed by atoms with Gasteiger partial charge in [-0.05, 0) is 18.2 Å². The molecular weight excluding hydrogens is 242 g/mol. The van der Waals surface area contributed by atoms with Crippen LogP contribution in [0.3, 0.4) is 0 Å². The van der Waals surface area contributed by atoms with Crippen LogP contribution in [-0.2, 0) is 0 Å². The first-order valence-electron chi connectivity index (χ1n) is 5.63. The molecule has 2 N–H and O–H groups in total. The Morgan fingerprint density at radius 3 is 2.68 bits per heavy atom. The van der Waals surface area contributed by atoms with Gasteiger partial charge in [-0.3, -0.25) is 9.59 Å². The van der Waals surface area contributed by atoms with Crippen molar-refractivity contribution in [3.8, 4) is 11.8 Å². The molecule has 1 aromatic heterocycles. The largest absolute Gasteiger partial charge is 0.340 e. The summed E-state index contributed by atoms with van der Waals surface area (Å²) >= 11 is 0. The zero-order valence-electron chi connectivity index (χ0n) is 10.0. The van der Waals surface area contributed by atoms with Crippen molar-refractivity contribution in [1.29, 1.82) is 0 Å². The number of nitrogens with zero attached hydrogens (tertiary/aromatic N) is 1. The van der Waals surface area contributed by atoms with E-state index < -0.39 is 0 Å². The van der Waals surface area contributed by atoms with Crippen LogP contribution in [0.2, 0.25) is 0 Å². The fraction of sp³-hybridized carbons (Fsp3) is 0.0714. The highest BCUT2D eigenvalue weighted by atomic mass is 16.2. The summed E-state index contributed by atoms with van der Waals surface area (Å²) in [6, 6.07) is 12.1. The van der Waals surface area contributed by atoms with E-state index in [-0.39, 0.29) is 23.7 Å². The normalized spacial score (nSPS) is 9.26. The molecule has 0 aliphatic heterocycles. The van der Waals surface area contributed by atoms with Gasteiger partial charge in [0.05, 0.1) is 6.54 Å². The van der Waals surface area contributed by atoms with Crippen molar-refractivity contribution < 1.29 is 4.79 Å². The number of H-pyrrole nitrogens is 1. The predicted octanol–water partition coefficient (Wildman–Crippen LogP) is 0.551. The maximum Gasteiger partial charge on any atom is 0.272 e. The van der Waals surface area contributed by atoms with Gasteiger partial charge in [0, 0.05) is 11.6 Å². The average molecular weight is 253 g/mol. The summed E-state index contributed by atoms with van der Waals surface area (Å²) in [6.07, 6.45) is 0. The summed E-state index contributed by atoms with van der Waals surface area (Å²) in [7, 11) is 0. The molecular formula is C14H11N3O2. The number of hydrogen-bond donors (Lipinski definition) is 2. The Morgan fingerprint density at radius 2 is 2.00 bits per heavy atom. The van der Waals surface area contributed by atoms with Gasteiger partial charge in [-0.25, -0.2) is 5.10 Å². The quantitative estimate of drug-likeness (QED) is 0.767. The zero-order valence-corrected chi connectivity index (χ0v) is 10.0. The molecule has 1 aromatic carbocycles. The number of benzene rings is 1. The van der Waals surface area contributed by atoms with Gasteiger partial charge in [0.15, 0.2) is 0 Å². The van der Waals surface area contributed by atoms with Gasteiger partial charge in [-0.1, -0.05) is 30.0 Å². The van der Waals surface area contributed by atoms with Crippen LogP contribution in [0.25, 0.3) is 0 Å². The maximum atomic E-state index is 11.6.